The summed E-state index contributed by atoms with van der Waals surface area (Å²) in [6.45, 7) is -0.262. The maximum atomic E-state index is 13.8. The number of piperidine rings is 1. The number of nitrogens with zero attached hydrogens (tertiary/aromatic N) is 2. The van der Waals surface area contributed by atoms with Gasteiger partial charge in [-0.3, -0.25) is 14.4 Å². The topological polar surface area (TPSA) is 91.6 Å². The van der Waals surface area contributed by atoms with Crippen LogP contribution in [0.4, 0.5) is 13.2 Å². The van der Waals surface area contributed by atoms with Crippen LogP contribution in [0.3, 0.4) is 0 Å². The first-order valence-electron chi connectivity index (χ1n) is 10.5. The number of amides is 2. The first-order chi connectivity index (χ1) is 15.3. The lowest BCUT2D eigenvalue weighted by atomic mass is 9.94. The third kappa shape index (κ3) is 2.52. The number of rotatable bonds is 3. The van der Waals surface area contributed by atoms with Crippen LogP contribution < -0.4 is 10.7 Å². The van der Waals surface area contributed by atoms with Crippen LogP contribution in [-0.4, -0.2) is 38.5 Å². The maximum absolute atomic E-state index is 13.8. The van der Waals surface area contributed by atoms with E-state index in [1.165, 1.54) is 10.8 Å². The molecule has 1 saturated heterocycles. The van der Waals surface area contributed by atoms with Crippen LogP contribution in [0.2, 0.25) is 0 Å². The van der Waals surface area contributed by atoms with Crippen molar-refractivity contribution in [3.63, 3.8) is 0 Å². The quantitative estimate of drug-likeness (QED) is 0.754. The molecular formula is C22H18F3N3O4. The summed E-state index contributed by atoms with van der Waals surface area (Å²) in [6.07, 6.45) is 3.24. The third-order valence-corrected chi connectivity index (χ3v) is 7.51. The van der Waals surface area contributed by atoms with Gasteiger partial charge in [-0.1, -0.05) is 0 Å². The minimum atomic E-state index is -1.17. The minimum Gasteiger partial charge on any atom is -0.503 e. The summed E-state index contributed by atoms with van der Waals surface area (Å²) >= 11 is 0. The predicted molar refractivity (Wildman–Crippen MR) is 103 cm³/mol. The molecule has 2 amide bonds. The van der Waals surface area contributed by atoms with E-state index in [-0.39, 0.29) is 17.8 Å². The van der Waals surface area contributed by atoms with E-state index in [4.69, 9.17) is 0 Å². The molecule has 1 aromatic heterocycles. The van der Waals surface area contributed by atoms with E-state index >= 15 is 0 Å². The number of carbonyl (C=O) groups is 2. The van der Waals surface area contributed by atoms with Crippen molar-refractivity contribution in [2.45, 2.75) is 38.0 Å². The van der Waals surface area contributed by atoms with E-state index in [0.29, 0.717) is 36.4 Å². The van der Waals surface area contributed by atoms with Gasteiger partial charge in [0.05, 0.1) is 6.04 Å². The SMILES string of the molecule is O=C(NCc1c(F)cc(F)cc1F)c1cn2c(c(O)c1=O)C(=O)N1C3CC(C4CC43)C1C2. The van der Waals surface area contributed by atoms with Gasteiger partial charge < -0.3 is 19.9 Å². The molecule has 3 fully saturated rings. The summed E-state index contributed by atoms with van der Waals surface area (Å²) in [7, 11) is 0. The van der Waals surface area contributed by atoms with Gasteiger partial charge in [0.15, 0.2) is 11.4 Å². The zero-order valence-electron chi connectivity index (χ0n) is 16.6. The molecule has 2 N–H and O–H groups in total. The van der Waals surface area contributed by atoms with Gasteiger partial charge in [-0.25, -0.2) is 13.2 Å². The van der Waals surface area contributed by atoms with Crippen LogP contribution >= 0.6 is 0 Å². The molecule has 3 heterocycles. The lowest BCUT2D eigenvalue weighted by molar-refractivity contribution is 0.0465. The highest BCUT2D eigenvalue weighted by atomic mass is 19.1. The van der Waals surface area contributed by atoms with Crippen molar-refractivity contribution in [2.24, 2.45) is 17.8 Å². The van der Waals surface area contributed by atoms with Crippen molar-refractivity contribution in [2.75, 3.05) is 0 Å². The molecule has 32 heavy (non-hydrogen) atoms. The second-order valence-electron chi connectivity index (χ2n) is 9.06. The van der Waals surface area contributed by atoms with Gasteiger partial charge in [0.25, 0.3) is 11.8 Å². The second kappa shape index (κ2) is 6.36. The number of benzene rings is 1. The standard InChI is InChI=1S/C22H18F3N3O4/c23-8-1-14(24)12(15(25)2-8)5-26-21(31)13-6-27-7-17-11-4-16(10-3-9(10)11)28(17)22(32)18(27)20(30)19(13)29/h1-2,6,9-11,16-17,30H,3-5,7H2,(H,26,31). The number of pyridine rings is 1. The molecule has 5 atom stereocenters. The van der Waals surface area contributed by atoms with Crippen molar-refractivity contribution in [3.05, 3.63) is 62.8 Å². The number of aromatic hydroxyl groups is 1. The molecular weight excluding hydrogens is 427 g/mol. The molecule has 2 aromatic rings. The Labute approximate surface area is 179 Å². The van der Waals surface area contributed by atoms with Crippen molar-refractivity contribution < 1.29 is 27.9 Å². The Balaban J connectivity index is 1.30. The number of fused-ring (bicyclic) bond motifs is 9. The minimum absolute atomic E-state index is 0.0380. The molecule has 2 bridgehead atoms. The highest BCUT2D eigenvalue weighted by molar-refractivity contribution is 5.99. The summed E-state index contributed by atoms with van der Waals surface area (Å²) in [5, 5.41) is 12.7. The lowest BCUT2D eigenvalue weighted by Crippen LogP contribution is -2.53. The number of hydrogen-bond donors (Lipinski definition) is 2. The monoisotopic (exact) mass is 445 g/mol. The van der Waals surface area contributed by atoms with Crippen LogP contribution in [0, 0.1) is 35.2 Å². The highest BCUT2D eigenvalue weighted by Crippen LogP contribution is 2.64. The Bertz CT molecular complexity index is 1250. The van der Waals surface area contributed by atoms with Gasteiger partial charge in [-0.05, 0) is 30.6 Å². The largest absolute Gasteiger partial charge is 0.503 e. The average Bonchev–Trinajstić information content (AvgIpc) is 3.34. The summed E-state index contributed by atoms with van der Waals surface area (Å²) in [6, 6.07) is 1.08. The Morgan fingerprint density at radius 2 is 1.75 bits per heavy atom. The van der Waals surface area contributed by atoms with Crippen LogP contribution in [0.5, 0.6) is 5.75 Å². The van der Waals surface area contributed by atoms with Gasteiger partial charge in [0.2, 0.25) is 5.43 Å². The predicted octanol–water partition coefficient (Wildman–Crippen LogP) is 1.76. The highest BCUT2D eigenvalue weighted by Gasteiger charge is 2.66. The number of carbonyl (C=O) groups excluding carboxylic acids is 2. The fourth-order valence-electron chi connectivity index (χ4n) is 6.05. The molecule has 10 heteroatoms. The van der Waals surface area contributed by atoms with Crippen LogP contribution in [0.25, 0.3) is 0 Å². The van der Waals surface area contributed by atoms with E-state index in [1.807, 2.05) is 0 Å². The average molecular weight is 445 g/mol. The van der Waals surface area contributed by atoms with Crippen molar-refractivity contribution in [3.8, 4) is 5.75 Å². The van der Waals surface area contributed by atoms with E-state index in [0.717, 1.165) is 12.8 Å². The smallest absolute Gasteiger partial charge is 0.275 e. The van der Waals surface area contributed by atoms with Gasteiger partial charge in [-0.2, -0.15) is 0 Å². The number of nitrogens with one attached hydrogen (secondary N) is 1. The zero-order chi connectivity index (χ0) is 22.5. The molecule has 0 radical (unpaired) electrons. The maximum Gasteiger partial charge on any atom is 0.275 e. The Morgan fingerprint density at radius 3 is 2.47 bits per heavy atom. The molecule has 166 valence electrons. The Hall–Kier alpha value is -3.30. The molecule has 1 aromatic carbocycles. The van der Waals surface area contributed by atoms with Crippen LogP contribution in [-0.2, 0) is 13.1 Å². The van der Waals surface area contributed by atoms with Crippen molar-refractivity contribution in [1.29, 1.82) is 0 Å². The van der Waals surface area contributed by atoms with Crippen LogP contribution in [0.15, 0.2) is 23.1 Å². The lowest BCUT2D eigenvalue weighted by Gasteiger charge is -2.40. The summed E-state index contributed by atoms with van der Waals surface area (Å²) in [5.74, 6) is -4.11. The van der Waals surface area contributed by atoms with Gasteiger partial charge in [0, 0.05) is 43.0 Å². The Kier molecular flexibility index (Phi) is 3.86. The number of hydrogen-bond acceptors (Lipinski definition) is 4. The first-order valence-corrected chi connectivity index (χ1v) is 10.5. The van der Waals surface area contributed by atoms with E-state index in [1.54, 1.807) is 4.90 Å². The van der Waals surface area contributed by atoms with E-state index in [2.05, 4.69) is 5.32 Å². The number of aromatic nitrogens is 1. The molecule has 4 aliphatic rings. The molecule has 0 spiro atoms. The summed E-state index contributed by atoms with van der Waals surface area (Å²) < 4.78 is 42.2. The first kappa shape index (κ1) is 19.4. The molecule has 7 nitrogen and oxygen atoms in total. The summed E-state index contributed by atoms with van der Waals surface area (Å²) in [5.41, 5.74) is -2.17. The Morgan fingerprint density at radius 1 is 1.06 bits per heavy atom. The molecule has 2 saturated carbocycles. The molecule has 2 aliphatic carbocycles. The van der Waals surface area contributed by atoms with Gasteiger partial charge in [-0.15, -0.1) is 0 Å². The van der Waals surface area contributed by atoms with Gasteiger partial charge >= 0.3 is 0 Å². The van der Waals surface area contributed by atoms with Crippen molar-refractivity contribution in [1.82, 2.24) is 14.8 Å². The normalized spacial score (nSPS) is 28.9. The molecule has 6 rings (SSSR count). The number of halogens is 3. The molecule has 2 aliphatic heterocycles. The zero-order valence-corrected chi connectivity index (χ0v) is 16.6. The van der Waals surface area contributed by atoms with E-state index < -0.39 is 58.1 Å². The second-order valence-corrected chi connectivity index (χ2v) is 9.06. The van der Waals surface area contributed by atoms with E-state index in [9.17, 15) is 32.7 Å². The third-order valence-electron chi connectivity index (χ3n) is 7.51. The van der Waals surface area contributed by atoms with Gasteiger partial charge in [0.1, 0.15) is 23.0 Å². The molecule has 5 unspecified atom stereocenters. The van der Waals surface area contributed by atoms with Crippen LogP contribution in [0.1, 0.15) is 39.3 Å². The fourth-order valence-corrected chi connectivity index (χ4v) is 6.05. The summed E-state index contributed by atoms with van der Waals surface area (Å²) in [4.78, 5) is 40.2. The fraction of sp³-hybridized carbons (Fsp3) is 0.409. The van der Waals surface area contributed by atoms with Crippen molar-refractivity contribution >= 4 is 11.8 Å².